The summed E-state index contributed by atoms with van der Waals surface area (Å²) in [6.07, 6.45) is 11.9. The molecule has 3 saturated heterocycles. The molecule has 2 bridgehead atoms. The van der Waals surface area contributed by atoms with Crippen molar-refractivity contribution in [2.24, 2.45) is 10.9 Å². The van der Waals surface area contributed by atoms with Crippen LogP contribution in [0.15, 0.2) is 28.8 Å². The fourth-order valence-electron chi connectivity index (χ4n) is 2.94. The molecule has 1 aliphatic carbocycles. The van der Waals surface area contributed by atoms with E-state index in [1.54, 1.807) is 0 Å². The first-order valence-corrected chi connectivity index (χ1v) is 6.53. The van der Waals surface area contributed by atoms with Gasteiger partial charge < -0.3 is 0 Å². The van der Waals surface area contributed by atoms with Gasteiger partial charge in [0.15, 0.2) is 0 Å². The predicted molar refractivity (Wildman–Crippen MR) is 67.9 cm³/mol. The number of allylic oxidation sites excluding steroid dienone is 2. The van der Waals surface area contributed by atoms with Gasteiger partial charge in [0, 0.05) is 18.2 Å². The van der Waals surface area contributed by atoms with Gasteiger partial charge in [-0.2, -0.15) is 0 Å². The van der Waals surface area contributed by atoms with Crippen LogP contribution in [-0.2, 0) is 0 Å². The van der Waals surface area contributed by atoms with Crippen molar-refractivity contribution in [2.75, 3.05) is 26.2 Å². The summed E-state index contributed by atoms with van der Waals surface area (Å²) in [6.45, 7) is 4.65. The van der Waals surface area contributed by atoms with Gasteiger partial charge in [-0.1, -0.05) is 18.2 Å². The molecule has 3 aliphatic heterocycles. The third-order valence-electron chi connectivity index (χ3n) is 3.98. The molecular weight excluding hydrogens is 196 g/mol. The third-order valence-corrected chi connectivity index (χ3v) is 3.98. The zero-order valence-corrected chi connectivity index (χ0v) is 9.86. The van der Waals surface area contributed by atoms with E-state index in [1.165, 1.54) is 50.1 Å². The Labute approximate surface area is 97.7 Å². The molecule has 0 aromatic heterocycles. The van der Waals surface area contributed by atoms with Crippen molar-refractivity contribution in [1.29, 1.82) is 0 Å². The summed E-state index contributed by atoms with van der Waals surface area (Å²) in [7, 11) is 0. The van der Waals surface area contributed by atoms with Crippen molar-refractivity contribution in [1.82, 2.24) is 4.90 Å². The van der Waals surface area contributed by atoms with E-state index in [4.69, 9.17) is 4.99 Å². The number of piperidine rings is 3. The molecule has 0 aromatic rings. The molecule has 4 aliphatic rings. The maximum Gasteiger partial charge on any atom is 0.0636 e. The van der Waals surface area contributed by atoms with Gasteiger partial charge in [0.25, 0.3) is 0 Å². The standard InChI is InChI=1S/C14H20N2/c1-2-4-12(5-3-1)10-15-14-11-16-8-6-13(14)7-9-16/h2,4-5,13H,1,3,6-11H2. The van der Waals surface area contributed by atoms with Crippen LogP contribution in [0.1, 0.15) is 25.7 Å². The summed E-state index contributed by atoms with van der Waals surface area (Å²) < 4.78 is 0. The molecule has 16 heavy (non-hydrogen) atoms. The minimum Gasteiger partial charge on any atom is -0.298 e. The molecule has 0 unspecified atom stereocenters. The van der Waals surface area contributed by atoms with Crippen LogP contribution >= 0.6 is 0 Å². The molecule has 3 fully saturated rings. The highest BCUT2D eigenvalue weighted by Gasteiger charge is 2.30. The molecule has 0 atom stereocenters. The predicted octanol–water partition coefficient (Wildman–Crippen LogP) is 2.43. The lowest BCUT2D eigenvalue weighted by molar-refractivity contribution is 0.200. The first kappa shape index (κ1) is 10.3. The second-order valence-electron chi connectivity index (χ2n) is 5.12. The van der Waals surface area contributed by atoms with Crippen LogP contribution < -0.4 is 0 Å². The van der Waals surface area contributed by atoms with Crippen LogP contribution in [0.5, 0.6) is 0 Å². The van der Waals surface area contributed by atoms with Crippen molar-refractivity contribution >= 4 is 5.71 Å². The van der Waals surface area contributed by atoms with Gasteiger partial charge in [-0.25, -0.2) is 0 Å². The van der Waals surface area contributed by atoms with Crippen LogP contribution in [0, 0.1) is 5.92 Å². The first-order chi connectivity index (χ1) is 7.92. The van der Waals surface area contributed by atoms with E-state index in [1.807, 2.05) is 0 Å². The van der Waals surface area contributed by atoms with Crippen LogP contribution in [-0.4, -0.2) is 36.8 Å². The minimum atomic E-state index is 0.804. The molecule has 0 spiro atoms. The number of hydrogen-bond donors (Lipinski definition) is 0. The van der Waals surface area contributed by atoms with Gasteiger partial charge in [0.1, 0.15) is 0 Å². The molecule has 86 valence electrons. The van der Waals surface area contributed by atoms with E-state index in [0.717, 1.165) is 19.0 Å². The summed E-state index contributed by atoms with van der Waals surface area (Å²) in [4.78, 5) is 7.39. The third kappa shape index (κ3) is 2.12. The zero-order chi connectivity index (χ0) is 10.8. The maximum absolute atomic E-state index is 4.85. The highest BCUT2D eigenvalue weighted by atomic mass is 15.2. The number of rotatable bonds is 2. The molecule has 0 saturated carbocycles. The van der Waals surface area contributed by atoms with E-state index >= 15 is 0 Å². The molecule has 0 aromatic carbocycles. The molecule has 0 amide bonds. The summed E-state index contributed by atoms with van der Waals surface area (Å²) in [5.41, 5.74) is 2.88. The van der Waals surface area contributed by atoms with Crippen molar-refractivity contribution < 1.29 is 0 Å². The topological polar surface area (TPSA) is 15.6 Å². The average molecular weight is 216 g/mol. The Morgan fingerprint density at radius 2 is 2.12 bits per heavy atom. The van der Waals surface area contributed by atoms with E-state index in [-0.39, 0.29) is 0 Å². The fourth-order valence-corrected chi connectivity index (χ4v) is 2.94. The monoisotopic (exact) mass is 216 g/mol. The number of fused-ring (bicyclic) bond motifs is 3. The molecular formula is C14H20N2. The summed E-state index contributed by atoms with van der Waals surface area (Å²) in [5.74, 6) is 0.804. The quantitative estimate of drug-likeness (QED) is 0.692. The molecule has 0 radical (unpaired) electrons. The number of nitrogens with zero attached hydrogens (tertiary/aromatic N) is 2. The van der Waals surface area contributed by atoms with Gasteiger partial charge in [-0.15, -0.1) is 0 Å². The smallest absolute Gasteiger partial charge is 0.0636 e. The zero-order valence-electron chi connectivity index (χ0n) is 9.86. The van der Waals surface area contributed by atoms with Gasteiger partial charge >= 0.3 is 0 Å². The van der Waals surface area contributed by atoms with Crippen LogP contribution in [0.3, 0.4) is 0 Å². The molecule has 0 N–H and O–H groups in total. The van der Waals surface area contributed by atoms with Gasteiger partial charge in [0.2, 0.25) is 0 Å². The van der Waals surface area contributed by atoms with Crippen molar-refractivity contribution in [3.8, 4) is 0 Å². The second-order valence-corrected chi connectivity index (χ2v) is 5.12. The lowest BCUT2D eigenvalue weighted by Crippen LogP contribution is -2.48. The van der Waals surface area contributed by atoms with E-state index < -0.39 is 0 Å². The highest BCUT2D eigenvalue weighted by Crippen LogP contribution is 2.25. The average Bonchev–Trinajstić information content (AvgIpc) is 2.39. The molecule has 3 heterocycles. The number of hydrogen-bond acceptors (Lipinski definition) is 2. The Balaban J connectivity index is 1.64. The highest BCUT2D eigenvalue weighted by molar-refractivity contribution is 5.90. The second kappa shape index (κ2) is 4.54. The Bertz CT molecular complexity index is 344. The SMILES string of the molecule is C1=CC(CN=C2CN3CCC2CC3)=CCC1. The fraction of sp³-hybridized carbons (Fsp3) is 0.643. The normalized spacial score (nSPS) is 35.5. The Hall–Kier alpha value is -0.890. The molecule has 4 rings (SSSR count). The van der Waals surface area contributed by atoms with Gasteiger partial charge in [-0.3, -0.25) is 9.89 Å². The van der Waals surface area contributed by atoms with E-state index in [2.05, 4.69) is 23.1 Å². The first-order valence-electron chi connectivity index (χ1n) is 6.53. The lowest BCUT2D eigenvalue weighted by atomic mass is 9.86. The largest absolute Gasteiger partial charge is 0.298 e. The Kier molecular flexibility index (Phi) is 2.92. The van der Waals surface area contributed by atoms with E-state index in [9.17, 15) is 0 Å². The molecule has 2 heteroatoms. The van der Waals surface area contributed by atoms with Crippen molar-refractivity contribution in [3.63, 3.8) is 0 Å². The van der Waals surface area contributed by atoms with Crippen LogP contribution in [0.4, 0.5) is 0 Å². The van der Waals surface area contributed by atoms with Crippen molar-refractivity contribution in [3.05, 3.63) is 23.8 Å². The van der Waals surface area contributed by atoms with Crippen LogP contribution in [0.25, 0.3) is 0 Å². The maximum atomic E-state index is 4.85. The summed E-state index contributed by atoms with van der Waals surface area (Å²) >= 11 is 0. The summed E-state index contributed by atoms with van der Waals surface area (Å²) in [6, 6.07) is 0. The number of aliphatic imine (C=N–C) groups is 1. The van der Waals surface area contributed by atoms with Crippen molar-refractivity contribution in [2.45, 2.75) is 25.7 Å². The Morgan fingerprint density at radius 1 is 1.25 bits per heavy atom. The molecule has 2 nitrogen and oxygen atoms in total. The summed E-state index contributed by atoms with van der Waals surface area (Å²) in [5, 5.41) is 0. The van der Waals surface area contributed by atoms with E-state index in [0.29, 0.717) is 0 Å². The van der Waals surface area contributed by atoms with Gasteiger partial charge in [-0.05, 0) is 44.3 Å². The van der Waals surface area contributed by atoms with Gasteiger partial charge in [0.05, 0.1) is 6.54 Å². The van der Waals surface area contributed by atoms with Crippen LogP contribution in [0.2, 0.25) is 0 Å². The Morgan fingerprint density at radius 3 is 2.75 bits per heavy atom. The lowest BCUT2D eigenvalue weighted by Gasteiger charge is -2.40. The minimum absolute atomic E-state index is 0.804.